The van der Waals surface area contributed by atoms with E-state index in [1.54, 1.807) is 0 Å². The highest BCUT2D eigenvalue weighted by Gasteiger charge is 2.21. The average molecular weight is 293 g/mol. The fraction of sp³-hybridized carbons (Fsp3) is 0.278. The number of rotatable bonds is 5. The fourth-order valence-electron chi connectivity index (χ4n) is 2.84. The van der Waals surface area contributed by atoms with Crippen LogP contribution in [0.1, 0.15) is 24.1 Å². The zero-order valence-corrected chi connectivity index (χ0v) is 12.4. The van der Waals surface area contributed by atoms with Crippen LogP contribution in [-0.4, -0.2) is 20.7 Å². The van der Waals surface area contributed by atoms with E-state index >= 15 is 0 Å². The quantitative estimate of drug-likeness (QED) is 0.760. The molecule has 0 atom stereocenters. The second-order valence-electron chi connectivity index (χ2n) is 5.89. The number of aliphatic hydroxyl groups is 1. The molecular weight excluding hydrogens is 274 g/mol. The lowest BCUT2D eigenvalue weighted by Crippen LogP contribution is -2.06. The lowest BCUT2D eigenvalue weighted by atomic mass is 10.2. The van der Waals surface area contributed by atoms with Gasteiger partial charge in [-0.25, -0.2) is 4.98 Å². The highest BCUT2D eigenvalue weighted by atomic mass is 16.3. The van der Waals surface area contributed by atoms with E-state index in [2.05, 4.69) is 22.0 Å². The van der Waals surface area contributed by atoms with Gasteiger partial charge in [0.15, 0.2) is 0 Å². The van der Waals surface area contributed by atoms with E-state index in [0.29, 0.717) is 12.6 Å². The van der Waals surface area contributed by atoms with Crippen molar-refractivity contribution in [3.63, 3.8) is 0 Å². The monoisotopic (exact) mass is 293 g/mol. The van der Waals surface area contributed by atoms with Crippen LogP contribution in [0.4, 0.5) is 5.82 Å². The number of hydrogen-bond donors (Lipinski definition) is 2. The topological polar surface area (TPSA) is 50.1 Å². The normalized spacial score (nSPS) is 14.4. The van der Waals surface area contributed by atoms with Crippen molar-refractivity contribution in [3.05, 3.63) is 59.9 Å². The molecule has 1 saturated carbocycles. The van der Waals surface area contributed by atoms with Crippen LogP contribution < -0.4 is 5.32 Å². The van der Waals surface area contributed by atoms with Crippen molar-refractivity contribution < 1.29 is 5.11 Å². The Morgan fingerprint density at radius 3 is 2.82 bits per heavy atom. The molecule has 1 aromatic carbocycles. The second kappa shape index (κ2) is 5.46. The molecule has 2 aromatic heterocycles. The Bertz CT molecular complexity index is 805. The first-order valence-electron chi connectivity index (χ1n) is 7.73. The van der Waals surface area contributed by atoms with Crippen molar-refractivity contribution in [2.24, 2.45) is 0 Å². The number of benzene rings is 1. The van der Waals surface area contributed by atoms with E-state index in [-0.39, 0.29) is 6.61 Å². The van der Waals surface area contributed by atoms with Crippen molar-refractivity contribution in [1.29, 1.82) is 0 Å². The van der Waals surface area contributed by atoms with E-state index < -0.39 is 0 Å². The largest absolute Gasteiger partial charge is 0.392 e. The molecule has 4 rings (SSSR count). The summed E-state index contributed by atoms with van der Waals surface area (Å²) in [7, 11) is 0. The number of hydrogen-bond acceptors (Lipinski definition) is 3. The first-order chi connectivity index (χ1) is 10.8. The minimum absolute atomic E-state index is 0.0597. The highest BCUT2D eigenvalue weighted by Crippen LogP contribution is 2.25. The van der Waals surface area contributed by atoms with Gasteiger partial charge < -0.3 is 15.0 Å². The van der Waals surface area contributed by atoms with Gasteiger partial charge >= 0.3 is 0 Å². The van der Waals surface area contributed by atoms with Crippen molar-refractivity contribution in [2.45, 2.75) is 32.0 Å². The Morgan fingerprint density at radius 1 is 1.14 bits per heavy atom. The molecule has 1 aliphatic rings. The molecule has 2 heterocycles. The third-order valence-electron chi connectivity index (χ3n) is 4.11. The Hall–Kier alpha value is -2.33. The number of anilines is 1. The summed E-state index contributed by atoms with van der Waals surface area (Å²) in [5, 5.41) is 14.1. The van der Waals surface area contributed by atoms with Crippen molar-refractivity contribution >= 4 is 16.7 Å². The number of pyridine rings is 1. The molecule has 0 unspecified atom stereocenters. The van der Waals surface area contributed by atoms with Gasteiger partial charge in [0.05, 0.1) is 18.8 Å². The summed E-state index contributed by atoms with van der Waals surface area (Å²) in [6, 6.07) is 14.9. The fourth-order valence-corrected chi connectivity index (χ4v) is 2.84. The molecule has 0 radical (unpaired) electrons. The van der Waals surface area contributed by atoms with Crippen molar-refractivity contribution in [3.8, 4) is 0 Å². The van der Waals surface area contributed by atoms with Gasteiger partial charge in [-0.3, -0.25) is 0 Å². The van der Waals surface area contributed by atoms with Gasteiger partial charge in [0.2, 0.25) is 0 Å². The number of nitrogens with one attached hydrogen (secondary N) is 1. The molecule has 0 saturated heterocycles. The van der Waals surface area contributed by atoms with E-state index in [9.17, 15) is 5.11 Å². The van der Waals surface area contributed by atoms with Crippen LogP contribution in [0.15, 0.2) is 48.7 Å². The maximum absolute atomic E-state index is 9.53. The van der Waals surface area contributed by atoms with E-state index in [1.807, 2.05) is 36.5 Å². The molecule has 2 N–H and O–H groups in total. The number of aliphatic hydroxyl groups excluding tert-OH is 1. The Labute approximate surface area is 129 Å². The first-order valence-corrected chi connectivity index (χ1v) is 7.73. The van der Waals surface area contributed by atoms with Crippen molar-refractivity contribution in [1.82, 2.24) is 9.55 Å². The Kier molecular flexibility index (Phi) is 3.31. The molecule has 4 heteroatoms. The summed E-state index contributed by atoms with van der Waals surface area (Å²) < 4.78 is 2.16. The third-order valence-corrected chi connectivity index (χ3v) is 4.11. The summed E-state index contributed by atoms with van der Waals surface area (Å²) >= 11 is 0. The molecule has 1 aliphatic carbocycles. The van der Waals surface area contributed by atoms with E-state index in [0.717, 1.165) is 28.0 Å². The number of nitrogens with zero attached hydrogens (tertiary/aromatic N) is 2. The molecular formula is C18H19N3O. The minimum Gasteiger partial charge on any atom is -0.392 e. The molecule has 1 fully saturated rings. The van der Waals surface area contributed by atoms with Crippen LogP contribution in [0.25, 0.3) is 10.9 Å². The predicted octanol–water partition coefficient (Wildman–Crippen LogP) is 3.15. The zero-order chi connectivity index (χ0) is 14.9. The van der Waals surface area contributed by atoms with Crippen LogP contribution in [0.2, 0.25) is 0 Å². The number of para-hydroxylation sites is 1. The molecule has 22 heavy (non-hydrogen) atoms. The van der Waals surface area contributed by atoms with E-state index in [4.69, 9.17) is 4.98 Å². The van der Waals surface area contributed by atoms with Gasteiger partial charge in [-0.05, 0) is 31.0 Å². The predicted molar refractivity (Wildman–Crippen MR) is 87.8 cm³/mol. The third kappa shape index (κ3) is 2.57. The van der Waals surface area contributed by atoms with E-state index in [1.165, 1.54) is 12.8 Å². The molecule has 3 aromatic rings. The van der Waals surface area contributed by atoms with Crippen LogP contribution in [0.3, 0.4) is 0 Å². The zero-order valence-electron chi connectivity index (χ0n) is 12.4. The molecule has 112 valence electrons. The lowest BCUT2D eigenvalue weighted by Gasteiger charge is -2.08. The summed E-state index contributed by atoms with van der Waals surface area (Å²) in [4.78, 5) is 4.70. The first kappa shape index (κ1) is 13.3. The van der Waals surface area contributed by atoms with Gasteiger partial charge in [0, 0.05) is 28.7 Å². The molecule has 4 nitrogen and oxygen atoms in total. The molecule has 0 amide bonds. The molecule has 0 bridgehead atoms. The van der Waals surface area contributed by atoms with Crippen LogP contribution >= 0.6 is 0 Å². The van der Waals surface area contributed by atoms with Crippen LogP contribution in [0.5, 0.6) is 0 Å². The number of aromatic nitrogens is 2. The van der Waals surface area contributed by atoms with Gasteiger partial charge in [0.25, 0.3) is 0 Å². The van der Waals surface area contributed by atoms with Crippen LogP contribution in [0, 0.1) is 0 Å². The lowest BCUT2D eigenvalue weighted by molar-refractivity contribution is 0.283. The van der Waals surface area contributed by atoms with Crippen LogP contribution in [-0.2, 0) is 13.2 Å². The van der Waals surface area contributed by atoms with Gasteiger partial charge in [-0.2, -0.15) is 0 Å². The smallest absolute Gasteiger partial charge is 0.126 e. The van der Waals surface area contributed by atoms with Gasteiger partial charge in [-0.15, -0.1) is 0 Å². The average Bonchev–Trinajstić information content (AvgIpc) is 3.29. The molecule has 0 spiro atoms. The highest BCUT2D eigenvalue weighted by molar-refractivity contribution is 5.83. The van der Waals surface area contributed by atoms with Crippen molar-refractivity contribution in [2.75, 3.05) is 5.32 Å². The number of fused-ring (bicyclic) bond motifs is 1. The standard InChI is InChI=1S/C18H19N3O/c22-12-13-10-21(17-6-2-1-5-16(13)17)11-15-4-3-7-18(20-15)19-14-8-9-14/h1-7,10,14,22H,8-9,11-12H2,(H,19,20). The minimum atomic E-state index is 0.0597. The maximum atomic E-state index is 9.53. The Balaban J connectivity index is 1.65. The summed E-state index contributed by atoms with van der Waals surface area (Å²) in [5.74, 6) is 0.957. The van der Waals surface area contributed by atoms with Gasteiger partial charge in [0.1, 0.15) is 5.82 Å². The summed E-state index contributed by atoms with van der Waals surface area (Å²) in [6.45, 7) is 0.769. The van der Waals surface area contributed by atoms with Gasteiger partial charge in [-0.1, -0.05) is 24.3 Å². The second-order valence-corrected chi connectivity index (χ2v) is 5.89. The Morgan fingerprint density at radius 2 is 2.00 bits per heavy atom. The summed E-state index contributed by atoms with van der Waals surface area (Å²) in [5.41, 5.74) is 3.12. The molecule has 0 aliphatic heterocycles. The summed E-state index contributed by atoms with van der Waals surface area (Å²) in [6.07, 6.45) is 4.51. The SMILES string of the molecule is OCc1cn(Cc2cccc(NC3CC3)n2)c2ccccc12. The maximum Gasteiger partial charge on any atom is 0.126 e.